The Labute approximate surface area is 124 Å². The molecule has 1 aromatic carbocycles. The molecular formula is C16H19N3O2. The van der Waals surface area contributed by atoms with Crippen LogP contribution in [0.2, 0.25) is 0 Å². The summed E-state index contributed by atoms with van der Waals surface area (Å²) in [5, 5.41) is 5.85. The van der Waals surface area contributed by atoms with E-state index in [-0.39, 0.29) is 5.91 Å². The third kappa shape index (κ3) is 4.03. The van der Waals surface area contributed by atoms with E-state index in [1.54, 1.807) is 32.5 Å². The Hall–Kier alpha value is -2.40. The first kappa shape index (κ1) is 15.0. The van der Waals surface area contributed by atoms with Crippen LogP contribution in [0.3, 0.4) is 0 Å². The summed E-state index contributed by atoms with van der Waals surface area (Å²) in [4.78, 5) is 16.4. The summed E-state index contributed by atoms with van der Waals surface area (Å²) in [6.45, 7) is 0.617. The van der Waals surface area contributed by atoms with Gasteiger partial charge in [0.15, 0.2) is 0 Å². The van der Waals surface area contributed by atoms with Gasteiger partial charge < -0.3 is 15.4 Å². The van der Waals surface area contributed by atoms with Crippen LogP contribution in [0, 0.1) is 0 Å². The summed E-state index contributed by atoms with van der Waals surface area (Å²) in [6, 6.07) is 11.1. The number of nitrogens with zero attached hydrogens (tertiary/aromatic N) is 1. The zero-order chi connectivity index (χ0) is 15.1. The largest absolute Gasteiger partial charge is 0.384 e. The molecule has 0 saturated carbocycles. The number of nitrogens with one attached hydrogen (secondary N) is 2. The van der Waals surface area contributed by atoms with E-state index >= 15 is 0 Å². The number of aromatic nitrogens is 1. The Morgan fingerprint density at radius 1 is 1.29 bits per heavy atom. The van der Waals surface area contributed by atoms with Crippen molar-refractivity contribution in [3.8, 4) is 0 Å². The molecule has 2 rings (SSSR count). The predicted octanol–water partition coefficient (Wildman–Crippen LogP) is 2.56. The molecule has 1 aromatic heterocycles. The number of methoxy groups -OCH3 is 1. The number of hydrogen-bond acceptors (Lipinski definition) is 4. The second kappa shape index (κ2) is 7.40. The molecule has 1 amide bonds. The van der Waals surface area contributed by atoms with Gasteiger partial charge in [-0.1, -0.05) is 18.2 Å². The molecule has 1 heterocycles. The number of rotatable bonds is 6. The number of amides is 1. The highest BCUT2D eigenvalue weighted by Gasteiger charge is 2.09. The molecule has 110 valence electrons. The maximum atomic E-state index is 12.3. The van der Waals surface area contributed by atoms with Crippen molar-refractivity contribution >= 4 is 17.4 Å². The lowest BCUT2D eigenvalue weighted by Crippen LogP contribution is -2.14. The van der Waals surface area contributed by atoms with Crippen molar-refractivity contribution < 1.29 is 9.53 Å². The maximum Gasteiger partial charge on any atom is 0.255 e. The third-order valence-electron chi connectivity index (χ3n) is 3.12. The molecule has 0 aliphatic heterocycles. The number of carbonyl (C=O) groups excluding carboxylic acids is 1. The van der Waals surface area contributed by atoms with E-state index in [1.807, 2.05) is 24.3 Å². The number of carbonyl (C=O) groups is 1. The van der Waals surface area contributed by atoms with Crippen molar-refractivity contribution in [1.82, 2.24) is 4.98 Å². The van der Waals surface area contributed by atoms with E-state index in [4.69, 9.17) is 4.74 Å². The minimum absolute atomic E-state index is 0.154. The Morgan fingerprint density at radius 2 is 2.10 bits per heavy atom. The second-order valence-electron chi connectivity index (χ2n) is 4.53. The van der Waals surface area contributed by atoms with Crippen LogP contribution >= 0.6 is 0 Å². The molecule has 0 radical (unpaired) electrons. The van der Waals surface area contributed by atoms with Gasteiger partial charge in [0, 0.05) is 31.6 Å². The van der Waals surface area contributed by atoms with Gasteiger partial charge in [0.25, 0.3) is 5.91 Å². The van der Waals surface area contributed by atoms with Crippen LogP contribution in [0.1, 0.15) is 15.9 Å². The lowest BCUT2D eigenvalue weighted by Gasteiger charge is -2.11. The minimum Gasteiger partial charge on any atom is -0.384 e. The fourth-order valence-corrected chi connectivity index (χ4v) is 1.98. The lowest BCUT2D eigenvalue weighted by molar-refractivity contribution is 0.102. The van der Waals surface area contributed by atoms with E-state index in [2.05, 4.69) is 15.6 Å². The van der Waals surface area contributed by atoms with Gasteiger partial charge >= 0.3 is 0 Å². The Balaban J connectivity index is 2.15. The van der Waals surface area contributed by atoms with Gasteiger partial charge in [-0.25, -0.2) is 4.98 Å². The quantitative estimate of drug-likeness (QED) is 0.856. The Morgan fingerprint density at radius 3 is 2.86 bits per heavy atom. The highest BCUT2D eigenvalue weighted by molar-refractivity contribution is 6.05. The van der Waals surface area contributed by atoms with E-state index in [9.17, 15) is 4.79 Å². The van der Waals surface area contributed by atoms with Crippen LogP contribution in [-0.2, 0) is 11.2 Å². The standard InChI is InChI=1S/C16H19N3O2/c1-17-15-11-13(7-9-18-15)16(20)19-14-6-4-3-5-12(14)8-10-21-2/h3-7,9,11H,8,10H2,1-2H3,(H,17,18)(H,19,20). The van der Waals surface area contributed by atoms with Crippen LogP contribution in [-0.4, -0.2) is 31.7 Å². The van der Waals surface area contributed by atoms with E-state index in [1.165, 1.54) is 0 Å². The number of benzene rings is 1. The number of pyridine rings is 1. The van der Waals surface area contributed by atoms with Crippen LogP contribution in [0.5, 0.6) is 0 Å². The predicted molar refractivity (Wildman–Crippen MR) is 83.8 cm³/mol. The summed E-state index contributed by atoms with van der Waals surface area (Å²) in [7, 11) is 3.43. The van der Waals surface area contributed by atoms with Gasteiger partial charge in [0.2, 0.25) is 0 Å². The molecule has 5 heteroatoms. The first-order chi connectivity index (χ1) is 10.2. The van der Waals surface area contributed by atoms with E-state index in [0.717, 1.165) is 17.7 Å². The number of hydrogen-bond donors (Lipinski definition) is 2. The summed E-state index contributed by atoms with van der Waals surface area (Å²) in [5.74, 6) is 0.508. The summed E-state index contributed by atoms with van der Waals surface area (Å²) < 4.78 is 5.09. The molecule has 0 bridgehead atoms. The minimum atomic E-state index is -0.154. The average molecular weight is 285 g/mol. The summed E-state index contributed by atoms with van der Waals surface area (Å²) >= 11 is 0. The van der Waals surface area contributed by atoms with Gasteiger partial charge in [0.05, 0.1) is 6.61 Å². The van der Waals surface area contributed by atoms with E-state index < -0.39 is 0 Å². The van der Waals surface area contributed by atoms with E-state index in [0.29, 0.717) is 18.0 Å². The first-order valence-corrected chi connectivity index (χ1v) is 6.76. The zero-order valence-electron chi connectivity index (χ0n) is 12.2. The molecule has 2 aromatic rings. The maximum absolute atomic E-state index is 12.3. The molecule has 0 unspecified atom stereocenters. The molecule has 21 heavy (non-hydrogen) atoms. The van der Waals surface area contributed by atoms with Crippen molar-refractivity contribution in [3.05, 3.63) is 53.7 Å². The topological polar surface area (TPSA) is 63.2 Å². The first-order valence-electron chi connectivity index (χ1n) is 6.76. The van der Waals surface area contributed by atoms with Crippen LogP contribution in [0.4, 0.5) is 11.5 Å². The second-order valence-corrected chi connectivity index (χ2v) is 4.53. The van der Waals surface area contributed by atoms with Gasteiger partial charge in [-0.05, 0) is 30.2 Å². The average Bonchev–Trinajstić information content (AvgIpc) is 2.54. The molecule has 0 aliphatic carbocycles. The molecule has 2 N–H and O–H groups in total. The fourth-order valence-electron chi connectivity index (χ4n) is 1.98. The van der Waals surface area contributed by atoms with Crippen LogP contribution in [0.25, 0.3) is 0 Å². The fraction of sp³-hybridized carbons (Fsp3) is 0.250. The Bertz CT molecular complexity index is 614. The third-order valence-corrected chi connectivity index (χ3v) is 3.12. The molecule has 5 nitrogen and oxygen atoms in total. The zero-order valence-corrected chi connectivity index (χ0v) is 12.2. The molecule has 0 aliphatic rings. The summed E-state index contributed by atoms with van der Waals surface area (Å²) in [5.41, 5.74) is 2.42. The molecule has 0 fully saturated rings. The molecule has 0 spiro atoms. The van der Waals surface area contributed by atoms with Crippen molar-refractivity contribution in [2.24, 2.45) is 0 Å². The van der Waals surface area contributed by atoms with Crippen LogP contribution in [0.15, 0.2) is 42.6 Å². The lowest BCUT2D eigenvalue weighted by atomic mass is 10.1. The van der Waals surface area contributed by atoms with Crippen molar-refractivity contribution in [2.75, 3.05) is 31.4 Å². The smallest absolute Gasteiger partial charge is 0.255 e. The number of anilines is 2. The van der Waals surface area contributed by atoms with Crippen LogP contribution < -0.4 is 10.6 Å². The van der Waals surface area contributed by atoms with Gasteiger partial charge in [0.1, 0.15) is 5.82 Å². The monoisotopic (exact) mass is 285 g/mol. The molecule has 0 atom stereocenters. The number of ether oxygens (including phenoxy) is 1. The highest BCUT2D eigenvalue weighted by Crippen LogP contribution is 2.17. The molecule has 0 saturated heterocycles. The summed E-state index contributed by atoms with van der Waals surface area (Å²) in [6.07, 6.45) is 2.36. The van der Waals surface area contributed by atoms with Crippen molar-refractivity contribution in [3.63, 3.8) is 0 Å². The van der Waals surface area contributed by atoms with Gasteiger partial charge in [-0.3, -0.25) is 4.79 Å². The number of para-hydroxylation sites is 1. The van der Waals surface area contributed by atoms with Crippen molar-refractivity contribution in [2.45, 2.75) is 6.42 Å². The SMILES string of the molecule is CNc1cc(C(=O)Nc2ccccc2CCOC)ccn1. The molecular weight excluding hydrogens is 266 g/mol. The Kier molecular flexibility index (Phi) is 5.29. The normalized spacial score (nSPS) is 10.2. The van der Waals surface area contributed by atoms with Crippen molar-refractivity contribution in [1.29, 1.82) is 0 Å². The highest BCUT2D eigenvalue weighted by atomic mass is 16.5. The van der Waals surface area contributed by atoms with Gasteiger partial charge in [-0.15, -0.1) is 0 Å². The van der Waals surface area contributed by atoms with Gasteiger partial charge in [-0.2, -0.15) is 0 Å².